The number of amides is 1. The third kappa shape index (κ3) is 4.02. The molecule has 0 saturated carbocycles. The molecule has 1 amide bonds. The molecule has 0 aliphatic rings. The quantitative estimate of drug-likeness (QED) is 0.701. The lowest BCUT2D eigenvalue weighted by Crippen LogP contribution is -2.29. The Balaban J connectivity index is 1.65. The van der Waals surface area contributed by atoms with Crippen molar-refractivity contribution in [2.75, 3.05) is 5.75 Å². The van der Waals surface area contributed by atoms with Crippen molar-refractivity contribution in [1.82, 2.24) is 20.1 Å². The van der Waals surface area contributed by atoms with Crippen molar-refractivity contribution in [3.63, 3.8) is 0 Å². The zero-order valence-corrected chi connectivity index (χ0v) is 14.1. The highest BCUT2D eigenvalue weighted by Gasteiger charge is 2.14. The Labute approximate surface area is 145 Å². The molecule has 122 valence electrons. The molecule has 0 bridgehead atoms. The van der Waals surface area contributed by atoms with Crippen LogP contribution in [-0.2, 0) is 4.79 Å². The van der Waals surface area contributed by atoms with Crippen LogP contribution in [0.2, 0.25) is 0 Å². The molecule has 0 saturated heterocycles. The van der Waals surface area contributed by atoms with E-state index < -0.39 is 0 Å². The van der Waals surface area contributed by atoms with E-state index in [1.165, 1.54) is 11.8 Å². The second-order valence-corrected chi connectivity index (χ2v) is 6.25. The summed E-state index contributed by atoms with van der Waals surface area (Å²) in [5.41, 5.74) is 1.99. The van der Waals surface area contributed by atoms with Gasteiger partial charge in [0.15, 0.2) is 0 Å². The Morgan fingerprint density at radius 2 is 2.00 bits per heavy atom. The number of nitrogens with one attached hydrogen (secondary N) is 1. The van der Waals surface area contributed by atoms with Crippen LogP contribution in [0.4, 0.5) is 0 Å². The Kier molecular flexibility index (Phi) is 5.28. The molecule has 0 radical (unpaired) electrons. The molecule has 2 heterocycles. The molecule has 6 heteroatoms. The van der Waals surface area contributed by atoms with E-state index in [1.807, 2.05) is 61.7 Å². The third-order valence-electron chi connectivity index (χ3n) is 3.52. The summed E-state index contributed by atoms with van der Waals surface area (Å²) >= 11 is 1.43. The van der Waals surface area contributed by atoms with Gasteiger partial charge in [-0.05, 0) is 36.8 Å². The lowest BCUT2D eigenvalue weighted by Gasteiger charge is -2.18. The van der Waals surface area contributed by atoms with Crippen LogP contribution in [-0.4, -0.2) is 26.4 Å². The number of aromatic nitrogens is 3. The SMILES string of the molecule is CC(NC(=O)CSc1ccccn1)c1ccccc1-n1cccn1. The van der Waals surface area contributed by atoms with Gasteiger partial charge < -0.3 is 5.32 Å². The molecule has 0 aliphatic heterocycles. The topological polar surface area (TPSA) is 59.8 Å². The summed E-state index contributed by atoms with van der Waals surface area (Å²) in [5.74, 6) is 0.319. The predicted octanol–water partition coefficient (Wildman–Crippen LogP) is 3.24. The van der Waals surface area contributed by atoms with Gasteiger partial charge in [0, 0.05) is 18.6 Å². The highest BCUT2D eigenvalue weighted by Crippen LogP contribution is 2.21. The molecule has 3 aromatic rings. The Hall–Kier alpha value is -2.60. The second-order valence-electron chi connectivity index (χ2n) is 5.26. The van der Waals surface area contributed by atoms with Crippen molar-refractivity contribution in [3.8, 4) is 5.69 Å². The molecule has 0 aliphatic carbocycles. The molecular formula is C18H18N4OS. The minimum absolute atomic E-state index is 0.0200. The van der Waals surface area contributed by atoms with Crippen molar-refractivity contribution in [3.05, 3.63) is 72.7 Å². The van der Waals surface area contributed by atoms with Crippen LogP contribution in [0.3, 0.4) is 0 Å². The van der Waals surface area contributed by atoms with E-state index in [9.17, 15) is 4.79 Å². The van der Waals surface area contributed by atoms with Gasteiger partial charge >= 0.3 is 0 Å². The summed E-state index contributed by atoms with van der Waals surface area (Å²) in [6, 6.07) is 15.4. The summed E-state index contributed by atoms with van der Waals surface area (Å²) in [5, 5.41) is 8.16. The largest absolute Gasteiger partial charge is 0.349 e. The number of pyridine rings is 1. The number of thioether (sulfide) groups is 1. The number of rotatable bonds is 6. The van der Waals surface area contributed by atoms with Crippen LogP contribution in [0.15, 0.2) is 72.1 Å². The normalized spacial score (nSPS) is 11.9. The molecule has 1 N–H and O–H groups in total. The van der Waals surface area contributed by atoms with Crippen LogP contribution in [0.1, 0.15) is 18.5 Å². The maximum Gasteiger partial charge on any atom is 0.230 e. The zero-order valence-electron chi connectivity index (χ0n) is 13.3. The van der Waals surface area contributed by atoms with E-state index in [-0.39, 0.29) is 11.9 Å². The fourth-order valence-corrected chi connectivity index (χ4v) is 3.08. The Morgan fingerprint density at radius 1 is 1.17 bits per heavy atom. The first-order valence-electron chi connectivity index (χ1n) is 7.66. The lowest BCUT2D eigenvalue weighted by atomic mass is 10.1. The summed E-state index contributed by atoms with van der Waals surface area (Å²) in [6.45, 7) is 1.98. The molecule has 24 heavy (non-hydrogen) atoms. The number of carbonyl (C=O) groups excluding carboxylic acids is 1. The van der Waals surface area contributed by atoms with Crippen LogP contribution in [0.25, 0.3) is 5.69 Å². The molecule has 3 rings (SSSR count). The van der Waals surface area contributed by atoms with E-state index in [0.717, 1.165) is 16.3 Å². The van der Waals surface area contributed by atoms with Crippen molar-refractivity contribution in [2.45, 2.75) is 18.0 Å². The Morgan fingerprint density at radius 3 is 2.75 bits per heavy atom. The molecule has 1 atom stereocenters. The highest BCUT2D eigenvalue weighted by atomic mass is 32.2. The molecule has 0 spiro atoms. The van der Waals surface area contributed by atoms with Gasteiger partial charge in [-0.3, -0.25) is 4.79 Å². The number of nitrogens with zero attached hydrogens (tertiary/aromatic N) is 3. The average Bonchev–Trinajstić information content (AvgIpc) is 3.15. The minimum atomic E-state index is -0.109. The lowest BCUT2D eigenvalue weighted by molar-refractivity contribution is -0.119. The molecular weight excluding hydrogens is 320 g/mol. The van der Waals surface area contributed by atoms with Crippen LogP contribution in [0.5, 0.6) is 0 Å². The van der Waals surface area contributed by atoms with Gasteiger partial charge in [-0.15, -0.1) is 0 Å². The summed E-state index contributed by atoms with van der Waals surface area (Å²) in [7, 11) is 0. The monoisotopic (exact) mass is 338 g/mol. The minimum Gasteiger partial charge on any atom is -0.349 e. The smallest absolute Gasteiger partial charge is 0.230 e. The summed E-state index contributed by atoms with van der Waals surface area (Å²) in [6.07, 6.45) is 5.36. The average molecular weight is 338 g/mol. The molecule has 1 unspecified atom stereocenters. The molecule has 0 fully saturated rings. The van der Waals surface area contributed by atoms with Gasteiger partial charge in [-0.25, -0.2) is 9.67 Å². The van der Waals surface area contributed by atoms with Crippen molar-refractivity contribution >= 4 is 17.7 Å². The number of benzene rings is 1. The van der Waals surface area contributed by atoms with Gasteiger partial charge in [0.05, 0.1) is 22.5 Å². The van der Waals surface area contributed by atoms with E-state index in [4.69, 9.17) is 0 Å². The second kappa shape index (κ2) is 7.79. The van der Waals surface area contributed by atoms with Gasteiger partial charge in [0.2, 0.25) is 5.91 Å². The van der Waals surface area contributed by atoms with Gasteiger partial charge in [-0.2, -0.15) is 5.10 Å². The standard InChI is InChI=1S/C18H18N4OS/c1-14(21-17(23)13-24-18-9-4-5-10-19-18)15-7-2-3-8-16(15)22-12-6-11-20-22/h2-12,14H,13H2,1H3,(H,21,23). The number of carbonyl (C=O) groups is 1. The molecule has 2 aromatic heterocycles. The predicted molar refractivity (Wildman–Crippen MR) is 95.1 cm³/mol. The van der Waals surface area contributed by atoms with E-state index >= 15 is 0 Å². The van der Waals surface area contributed by atoms with Gasteiger partial charge in [-0.1, -0.05) is 36.0 Å². The number of hydrogen-bond donors (Lipinski definition) is 1. The maximum atomic E-state index is 12.2. The first-order chi connectivity index (χ1) is 11.7. The number of para-hydroxylation sites is 1. The van der Waals surface area contributed by atoms with Crippen molar-refractivity contribution in [2.24, 2.45) is 0 Å². The summed E-state index contributed by atoms with van der Waals surface area (Å²) < 4.78 is 1.81. The van der Waals surface area contributed by atoms with Crippen LogP contribution >= 0.6 is 11.8 Å². The van der Waals surface area contributed by atoms with Crippen molar-refractivity contribution < 1.29 is 4.79 Å². The third-order valence-corrected chi connectivity index (χ3v) is 4.46. The van der Waals surface area contributed by atoms with Crippen LogP contribution in [0, 0.1) is 0 Å². The highest BCUT2D eigenvalue weighted by molar-refractivity contribution is 7.99. The molecule has 5 nitrogen and oxygen atoms in total. The Bertz CT molecular complexity index is 790. The maximum absolute atomic E-state index is 12.2. The van der Waals surface area contributed by atoms with Crippen molar-refractivity contribution in [1.29, 1.82) is 0 Å². The van der Waals surface area contributed by atoms with Crippen LogP contribution < -0.4 is 5.32 Å². The zero-order chi connectivity index (χ0) is 16.8. The van der Waals surface area contributed by atoms with Gasteiger partial charge in [0.1, 0.15) is 0 Å². The van der Waals surface area contributed by atoms with E-state index in [2.05, 4.69) is 15.4 Å². The van der Waals surface area contributed by atoms with E-state index in [1.54, 1.807) is 17.1 Å². The first-order valence-corrected chi connectivity index (χ1v) is 8.65. The van der Waals surface area contributed by atoms with Gasteiger partial charge in [0.25, 0.3) is 0 Å². The fraction of sp³-hybridized carbons (Fsp3) is 0.167. The molecule has 1 aromatic carbocycles. The number of hydrogen-bond acceptors (Lipinski definition) is 4. The summed E-state index contributed by atoms with van der Waals surface area (Å²) in [4.78, 5) is 16.4. The fourth-order valence-electron chi connectivity index (χ4n) is 2.41. The first kappa shape index (κ1) is 16.3. The van der Waals surface area contributed by atoms with E-state index in [0.29, 0.717) is 5.75 Å².